The van der Waals surface area contributed by atoms with E-state index in [1.165, 1.54) is 19.2 Å². The highest BCUT2D eigenvalue weighted by molar-refractivity contribution is 5.70. The molecule has 0 spiro atoms. The summed E-state index contributed by atoms with van der Waals surface area (Å²) in [6.07, 6.45) is 4.65. The van der Waals surface area contributed by atoms with Gasteiger partial charge in [0, 0.05) is 12.1 Å². The molecule has 0 radical (unpaired) electrons. The summed E-state index contributed by atoms with van der Waals surface area (Å²) in [5.41, 5.74) is 0.874. The Kier molecular flexibility index (Phi) is 4.53. The van der Waals surface area contributed by atoms with Gasteiger partial charge in [-0.2, -0.15) is 0 Å². The summed E-state index contributed by atoms with van der Waals surface area (Å²) in [6.45, 7) is 0.650. The monoisotopic (exact) mass is 265 g/mol. The number of carbonyl (C=O) groups excluding carboxylic acids is 1. The minimum atomic E-state index is -0.228. The second kappa shape index (κ2) is 6.15. The standard InChI is InChI=1S/C15H20FNO2/c1-19-14(18)10-15(8-2-3-9-15)17-11-12-4-6-13(16)7-5-12/h4-7,17H,2-3,8-11H2,1H3. The minimum absolute atomic E-state index is 0.151. The molecule has 1 fully saturated rings. The minimum Gasteiger partial charge on any atom is -0.469 e. The highest BCUT2D eigenvalue weighted by Gasteiger charge is 2.35. The first-order valence-electron chi connectivity index (χ1n) is 6.70. The second-order valence-corrected chi connectivity index (χ2v) is 5.22. The first-order chi connectivity index (χ1) is 9.13. The molecule has 1 aromatic carbocycles. The molecule has 4 heteroatoms. The lowest BCUT2D eigenvalue weighted by atomic mass is 9.93. The second-order valence-electron chi connectivity index (χ2n) is 5.22. The molecule has 1 saturated carbocycles. The third-order valence-electron chi connectivity index (χ3n) is 3.85. The van der Waals surface area contributed by atoms with Crippen molar-refractivity contribution in [3.63, 3.8) is 0 Å². The highest BCUT2D eigenvalue weighted by Crippen LogP contribution is 2.33. The first kappa shape index (κ1) is 14.0. The summed E-state index contributed by atoms with van der Waals surface area (Å²) in [6, 6.07) is 6.45. The van der Waals surface area contributed by atoms with Crippen molar-refractivity contribution in [2.24, 2.45) is 0 Å². The van der Waals surface area contributed by atoms with Gasteiger partial charge in [0.05, 0.1) is 13.5 Å². The van der Waals surface area contributed by atoms with Crippen LogP contribution in [0.4, 0.5) is 4.39 Å². The molecule has 104 valence electrons. The van der Waals surface area contributed by atoms with Gasteiger partial charge >= 0.3 is 5.97 Å². The van der Waals surface area contributed by atoms with Crippen molar-refractivity contribution in [2.45, 2.75) is 44.2 Å². The molecule has 0 aromatic heterocycles. The molecule has 1 aromatic rings. The molecule has 1 N–H and O–H groups in total. The van der Waals surface area contributed by atoms with Crippen molar-refractivity contribution in [1.82, 2.24) is 5.32 Å². The van der Waals surface area contributed by atoms with E-state index in [2.05, 4.69) is 5.32 Å². The number of carbonyl (C=O) groups is 1. The Balaban J connectivity index is 1.97. The van der Waals surface area contributed by atoms with E-state index in [1.54, 1.807) is 12.1 Å². The Hall–Kier alpha value is -1.42. The fourth-order valence-corrected chi connectivity index (χ4v) is 2.71. The third kappa shape index (κ3) is 3.77. The Morgan fingerprint density at radius 1 is 1.32 bits per heavy atom. The summed E-state index contributed by atoms with van der Waals surface area (Å²) < 4.78 is 17.6. The number of nitrogens with one attached hydrogen (secondary N) is 1. The molecular weight excluding hydrogens is 245 g/mol. The number of rotatable bonds is 5. The molecule has 1 aliphatic carbocycles. The normalized spacial score (nSPS) is 17.4. The number of benzene rings is 1. The predicted molar refractivity (Wildman–Crippen MR) is 71.1 cm³/mol. The zero-order valence-electron chi connectivity index (χ0n) is 11.2. The number of halogens is 1. The zero-order chi connectivity index (χ0) is 13.7. The van der Waals surface area contributed by atoms with E-state index in [-0.39, 0.29) is 17.3 Å². The summed E-state index contributed by atoms with van der Waals surface area (Å²) in [5, 5.41) is 3.47. The van der Waals surface area contributed by atoms with E-state index in [9.17, 15) is 9.18 Å². The van der Waals surface area contributed by atoms with Gasteiger partial charge in [0.1, 0.15) is 5.82 Å². The number of hydrogen-bond acceptors (Lipinski definition) is 3. The van der Waals surface area contributed by atoms with Gasteiger partial charge in [-0.1, -0.05) is 25.0 Å². The first-order valence-corrected chi connectivity index (χ1v) is 6.70. The van der Waals surface area contributed by atoms with Crippen molar-refractivity contribution in [1.29, 1.82) is 0 Å². The van der Waals surface area contributed by atoms with Crippen LogP contribution in [0.2, 0.25) is 0 Å². The fraction of sp³-hybridized carbons (Fsp3) is 0.533. The van der Waals surface area contributed by atoms with Gasteiger partial charge in [0.2, 0.25) is 0 Å². The van der Waals surface area contributed by atoms with Gasteiger partial charge in [-0.3, -0.25) is 4.79 Å². The lowest BCUT2D eigenvalue weighted by Crippen LogP contribution is -2.44. The van der Waals surface area contributed by atoms with Crippen LogP contribution >= 0.6 is 0 Å². The van der Waals surface area contributed by atoms with Crippen LogP contribution in [0, 0.1) is 5.82 Å². The van der Waals surface area contributed by atoms with Crippen LogP contribution in [0.5, 0.6) is 0 Å². The number of esters is 1. The summed E-state index contributed by atoms with van der Waals surface area (Å²) in [5.74, 6) is -0.401. The van der Waals surface area contributed by atoms with Crippen LogP contribution in [0.25, 0.3) is 0 Å². The van der Waals surface area contributed by atoms with Crippen LogP contribution in [-0.4, -0.2) is 18.6 Å². The summed E-state index contributed by atoms with van der Waals surface area (Å²) in [7, 11) is 1.42. The van der Waals surface area contributed by atoms with Crippen molar-refractivity contribution >= 4 is 5.97 Å². The van der Waals surface area contributed by atoms with Crippen LogP contribution in [0.3, 0.4) is 0 Å². The number of ether oxygens (including phenoxy) is 1. The van der Waals surface area contributed by atoms with Gasteiger partial charge in [0.25, 0.3) is 0 Å². The van der Waals surface area contributed by atoms with Crippen molar-refractivity contribution < 1.29 is 13.9 Å². The maximum absolute atomic E-state index is 12.8. The Morgan fingerprint density at radius 2 is 1.95 bits per heavy atom. The highest BCUT2D eigenvalue weighted by atomic mass is 19.1. The quantitative estimate of drug-likeness (QED) is 0.832. The molecule has 0 atom stereocenters. The lowest BCUT2D eigenvalue weighted by Gasteiger charge is -2.29. The third-order valence-corrected chi connectivity index (χ3v) is 3.85. The molecule has 0 amide bonds. The molecule has 0 aliphatic heterocycles. The van der Waals surface area contributed by atoms with E-state index < -0.39 is 0 Å². The maximum Gasteiger partial charge on any atom is 0.307 e. The topological polar surface area (TPSA) is 38.3 Å². The fourth-order valence-electron chi connectivity index (χ4n) is 2.71. The van der Waals surface area contributed by atoms with E-state index >= 15 is 0 Å². The zero-order valence-corrected chi connectivity index (χ0v) is 11.2. The Morgan fingerprint density at radius 3 is 2.53 bits per heavy atom. The number of methoxy groups -OCH3 is 1. The molecule has 0 saturated heterocycles. The van der Waals surface area contributed by atoms with Crippen LogP contribution < -0.4 is 5.32 Å². The van der Waals surface area contributed by atoms with E-state index in [0.717, 1.165) is 31.2 Å². The molecule has 0 unspecified atom stereocenters. The predicted octanol–water partition coefficient (Wildman–Crippen LogP) is 2.79. The molecule has 19 heavy (non-hydrogen) atoms. The average Bonchev–Trinajstić information content (AvgIpc) is 2.87. The molecule has 3 nitrogen and oxygen atoms in total. The number of hydrogen-bond donors (Lipinski definition) is 1. The van der Waals surface area contributed by atoms with E-state index in [4.69, 9.17) is 4.74 Å². The summed E-state index contributed by atoms with van der Waals surface area (Å²) in [4.78, 5) is 11.5. The van der Waals surface area contributed by atoms with Gasteiger partial charge in [0.15, 0.2) is 0 Å². The molecular formula is C15H20FNO2. The smallest absolute Gasteiger partial charge is 0.307 e. The largest absolute Gasteiger partial charge is 0.469 e. The molecule has 1 aliphatic rings. The van der Waals surface area contributed by atoms with Crippen LogP contribution in [0.1, 0.15) is 37.7 Å². The molecule has 0 bridgehead atoms. The van der Waals surface area contributed by atoms with Crippen LogP contribution in [-0.2, 0) is 16.1 Å². The van der Waals surface area contributed by atoms with Crippen LogP contribution in [0.15, 0.2) is 24.3 Å². The maximum atomic E-state index is 12.8. The van der Waals surface area contributed by atoms with Gasteiger partial charge in [-0.25, -0.2) is 4.39 Å². The van der Waals surface area contributed by atoms with Crippen molar-refractivity contribution in [2.75, 3.05) is 7.11 Å². The van der Waals surface area contributed by atoms with Crippen molar-refractivity contribution in [3.8, 4) is 0 Å². The van der Waals surface area contributed by atoms with Gasteiger partial charge < -0.3 is 10.1 Å². The Bertz CT molecular complexity index is 424. The van der Waals surface area contributed by atoms with E-state index in [1.807, 2.05) is 0 Å². The van der Waals surface area contributed by atoms with E-state index in [0.29, 0.717) is 13.0 Å². The molecule has 2 rings (SSSR count). The van der Waals surface area contributed by atoms with Gasteiger partial charge in [-0.05, 0) is 30.5 Å². The summed E-state index contributed by atoms with van der Waals surface area (Å²) >= 11 is 0. The Labute approximate surface area is 113 Å². The SMILES string of the molecule is COC(=O)CC1(NCc2ccc(F)cc2)CCCC1. The van der Waals surface area contributed by atoms with Gasteiger partial charge in [-0.15, -0.1) is 0 Å². The van der Waals surface area contributed by atoms with Crippen molar-refractivity contribution in [3.05, 3.63) is 35.6 Å². The lowest BCUT2D eigenvalue weighted by molar-refractivity contribution is -0.142. The molecule has 0 heterocycles. The average molecular weight is 265 g/mol.